The van der Waals surface area contributed by atoms with Crippen LogP contribution in [0.1, 0.15) is 22.7 Å². The third-order valence-electron chi connectivity index (χ3n) is 3.36. The molecule has 0 spiro atoms. The van der Waals surface area contributed by atoms with E-state index in [1.54, 1.807) is 19.1 Å². The Morgan fingerprint density at radius 3 is 2.43 bits per heavy atom. The van der Waals surface area contributed by atoms with Crippen molar-refractivity contribution in [1.29, 1.82) is 0 Å². The van der Waals surface area contributed by atoms with E-state index in [2.05, 4.69) is 0 Å². The number of nitrogens with two attached hydrogens (primary N) is 1. The summed E-state index contributed by atoms with van der Waals surface area (Å²) in [6, 6.07) is 11.8. The third kappa shape index (κ3) is 4.17. The van der Waals surface area contributed by atoms with Gasteiger partial charge in [0.1, 0.15) is 5.82 Å². The van der Waals surface area contributed by atoms with Gasteiger partial charge in [-0.05, 0) is 24.1 Å². The van der Waals surface area contributed by atoms with Crippen LogP contribution in [0.3, 0.4) is 0 Å². The van der Waals surface area contributed by atoms with Crippen molar-refractivity contribution in [3.8, 4) is 0 Å². The first-order valence-electron chi connectivity index (χ1n) is 6.42. The molecule has 3 N–H and O–H groups in total. The summed E-state index contributed by atoms with van der Waals surface area (Å²) >= 11 is 6.01. The van der Waals surface area contributed by atoms with E-state index in [1.807, 2.05) is 30.3 Å². The van der Waals surface area contributed by atoms with Gasteiger partial charge in [-0.3, -0.25) is 0 Å². The molecule has 2 rings (SSSR count). The van der Waals surface area contributed by atoms with Gasteiger partial charge >= 0.3 is 0 Å². The molecule has 0 aliphatic rings. The van der Waals surface area contributed by atoms with Crippen LogP contribution in [0.15, 0.2) is 42.5 Å². The van der Waals surface area contributed by atoms with Crippen molar-refractivity contribution in [2.75, 3.05) is 0 Å². The van der Waals surface area contributed by atoms with Gasteiger partial charge in [0.05, 0.1) is 12.1 Å². The van der Waals surface area contributed by atoms with Gasteiger partial charge in [0.15, 0.2) is 0 Å². The molecular weight excluding hydrogens is 312 g/mol. The smallest absolute Gasteiger partial charge is 0.132 e. The number of aryl methyl sites for hydroxylation is 1. The summed E-state index contributed by atoms with van der Waals surface area (Å²) in [6.07, 6.45) is -0.544. The Labute approximate surface area is 135 Å². The van der Waals surface area contributed by atoms with Gasteiger partial charge in [-0.2, -0.15) is 0 Å². The Kier molecular flexibility index (Phi) is 6.62. The van der Waals surface area contributed by atoms with E-state index >= 15 is 0 Å². The Hall–Kier alpha value is -1.13. The quantitative estimate of drug-likeness (QED) is 0.895. The van der Waals surface area contributed by atoms with Gasteiger partial charge in [-0.1, -0.05) is 48.0 Å². The fourth-order valence-electron chi connectivity index (χ4n) is 2.16. The summed E-state index contributed by atoms with van der Waals surface area (Å²) in [5, 5.41) is 10.5. The second-order valence-corrected chi connectivity index (χ2v) is 5.28. The van der Waals surface area contributed by atoms with E-state index in [4.69, 9.17) is 17.3 Å². The third-order valence-corrected chi connectivity index (χ3v) is 3.68. The molecule has 2 aromatic rings. The van der Waals surface area contributed by atoms with Crippen LogP contribution in [-0.2, 0) is 6.42 Å². The molecule has 0 amide bonds. The van der Waals surface area contributed by atoms with E-state index in [9.17, 15) is 9.50 Å². The fourth-order valence-corrected chi connectivity index (χ4v) is 2.43. The zero-order valence-electron chi connectivity index (χ0n) is 11.6. The van der Waals surface area contributed by atoms with E-state index in [-0.39, 0.29) is 23.0 Å². The molecule has 0 unspecified atom stereocenters. The topological polar surface area (TPSA) is 46.2 Å². The largest absolute Gasteiger partial charge is 0.391 e. The first-order chi connectivity index (χ1) is 9.50. The summed E-state index contributed by atoms with van der Waals surface area (Å²) in [4.78, 5) is 0. The lowest BCUT2D eigenvalue weighted by Crippen LogP contribution is -2.29. The zero-order valence-corrected chi connectivity index (χ0v) is 13.2. The van der Waals surface area contributed by atoms with Crippen molar-refractivity contribution in [3.05, 3.63) is 70.0 Å². The summed E-state index contributed by atoms with van der Waals surface area (Å²) in [7, 11) is 0. The van der Waals surface area contributed by atoms with Gasteiger partial charge in [0.2, 0.25) is 0 Å². The average Bonchev–Trinajstić information content (AvgIpc) is 2.44. The number of halogens is 3. The molecule has 0 aliphatic heterocycles. The minimum Gasteiger partial charge on any atom is -0.391 e. The predicted octanol–water partition coefficient (Wildman–Crippen LogP) is 3.81. The standard InChI is InChI=1S/C16H17ClFNO.ClH/c1-10-7-8-12(17)14(15(10)18)16(19)13(20)9-11-5-3-2-4-6-11;/h2-8,13,16,20H,9,19H2,1H3;1H/t13-,16-;/m1./s1. The monoisotopic (exact) mass is 329 g/mol. The second kappa shape index (κ2) is 7.76. The summed E-state index contributed by atoms with van der Waals surface area (Å²) in [5.41, 5.74) is 7.57. The summed E-state index contributed by atoms with van der Waals surface area (Å²) < 4.78 is 14.1. The van der Waals surface area contributed by atoms with Crippen LogP contribution in [0.5, 0.6) is 0 Å². The zero-order chi connectivity index (χ0) is 14.7. The molecule has 21 heavy (non-hydrogen) atoms. The molecule has 2 atom stereocenters. The van der Waals surface area contributed by atoms with E-state index in [1.165, 1.54) is 0 Å². The highest BCUT2D eigenvalue weighted by molar-refractivity contribution is 6.31. The highest BCUT2D eigenvalue weighted by Crippen LogP contribution is 2.29. The van der Waals surface area contributed by atoms with Gasteiger partial charge < -0.3 is 10.8 Å². The van der Waals surface area contributed by atoms with E-state index in [0.717, 1.165) is 5.56 Å². The predicted molar refractivity (Wildman–Crippen MR) is 86.5 cm³/mol. The fraction of sp³-hybridized carbons (Fsp3) is 0.250. The number of rotatable bonds is 4. The van der Waals surface area contributed by atoms with Crippen molar-refractivity contribution in [1.82, 2.24) is 0 Å². The molecule has 0 aromatic heterocycles. The molecule has 0 saturated carbocycles. The van der Waals surface area contributed by atoms with Crippen molar-refractivity contribution < 1.29 is 9.50 Å². The lowest BCUT2D eigenvalue weighted by atomic mass is 9.95. The molecule has 5 heteroatoms. The number of hydrogen-bond donors (Lipinski definition) is 2. The molecular formula is C16H18Cl2FNO. The molecule has 0 radical (unpaired) electrons. The van der Waals surface area contributed by atoms with Gasteiger partial charge in [0.25, 0.3) is 0 Å². The Morgan fingerprint density at radius 1 is 1.19 bits per heavy atom. The van der Waals surface area contributed by atoms with Crippen molar-refractivity contribution in [2.45, 2.75) is 25.5 Å². The maximum absolute atomic E-state index is 14.1. The van der Waals surface area contributed by atoms with Crippen LogP contribution in [0.4, 0.5) is 4.39 Å². The number of aliphatic hydroxyl groups excluding tert-OH is 1. The van der Waals surface area contributed by atoms with Crippen LogP contribution in [-0.4, -0.2) is 11.2 Å². The maximum atomic E-state index is 14.1. The average molecular weight is 330 g/mol. The highest BCUT2D eigenvalue weighted by atomic mass is 35.5. The Morgan fingerprint density at radius 2 is 1.81 bits per heavy atom. The first kappa shape index (κ1) is 17.9. The molecule has 0 aliphatic carbocycles. The lowest BCUT2D eigenvalue weighted by molar-refractivity contribution is 0.143. The van der Waals surface area contributed by atoms with Crippen molar-refractivity contribution in [3.63, 3.8) is 0 Å². The highest BCUT2D eigenvalue weighted by Gasteiger charge is 2.24. The lowest BCUT2D eigenvalue weighted by Gasteiger charge is -2.21. The normalized spacial score (nSPS) is 13.4. The van der Waals surface area contributed by atoms with Crippen LogP contribution < -0.4 is 5.73 Å². The van der Waals surface area contributed by atoms with Gasteiger partial charge in [-0.25, -0.2) is 4.39 Å². The number of benzene rings is 2. The van der Waals surface area contributed by atoms with Gasteiger partial charge in [-0.15, -0.1) is 12.4 Å². The number of aliphatic hydroxyl groups is 1. The van der Waals surface area contributed by atoms with Crippen molar-refractivity contribution >= 4 is 24.0 Å². The minimum atomic E-state index is -0.897. The van der Waals surface area contributed by atoms with Crippen LogP contribution in [0, 0.1) is 12.7 Å². The SMILES string of the molecule is Cc1ccc(Cl)c([C@H](N)[C@H](O)Cc2ccccc2)c1F.Cl. The van der Waals surface area contributed by atoms with E-state index < -0.39 is 18.0 Å². The summed E-state index contributed by atoms with van der Waals surface area (Å²) in [5.74, 6) is -0.447. The molecule has 2 aromatic carbocycles. The Balaban J connectivity index is 0.00000220. The minimum absolute atomic E-state index is 0. The molecule has 0 fully saturated rings. The van der Waals surface area contributed by atoms with E-state index in [0.29, 0.717) is 12.0 Å². The summed E-state index contributed by atoms with van der Waals surface area (Å²) in [6.45, 7) is 1.64. The van der Waals surface area contributed by atoms with Gasteiger partial charge in [0, 0.05) is 17.0 Å². The number of hydrogen-bond acceptors (Lipinski definition) is 2. The van der Waals surface area contributed by atoms with Crippen LogP contribution in [0.25, 0.3) is 0 Å². The second-order valence-electron chi connectivity index (χ2n) is 4.87. The first-order valence-corrected chi connectivity index (χ1v) is 6.80. The molecule has 0 saturated heterocycles. The van der Waals surface area contributed by atoms with Crippen LogP contribution in [0.2, 0.25) is 5.02 Å². The molecule has 2 nitrogen and oxygen atoms in total. The molecule has 0 bridgehead atoms. The maximum Gasteiger partial charge on any atom is 0.132 e. The molecule has 0 heterocycles. The Bertz CT molecular complexity index is 592. The van der Waals surface area contributed by atoms with Crippen molar-refractivity contribution in [2.24, 2.45) is 5.73 Å². The van der Waals surface area contributed by atoms with Crippen LogP contribution >= 0.6 is 24.0 Å². The molecule has 114 valence electrons.